The van der Waals surface area contributed by atoms with Gasteiger partial charge in [0.15, 0.2) is 5.82 Å². The highest BCUT2D eigenvalue weighted by Crippen LogP contribution is 2.17. The molecule has 1 aromatic rings. The van der Waals surface area contributed by atoms with Crippen LogP contribution in [0.1, 0.15) is 6.92 Å². The fourth-order valence-corrected chi connectivity index (χ4v) is 1.61. The Morgan fingerprint density at radius 1 is 1.91 bits per heavy atom. The zero-order valence-electron chi connectivity index (χ0n) is 5.93. The number of rotatable bonds is 4. The lowest BCUT2D eigenvalue weighted by Crippen LogP contribution is -2.11. The zero-order chi connectivity index (χ0) is 8.10. The van der Waals surface area contributed by atoms with Gasteiger partial charge in [0.1, 0.15) is 0 Å². The maximum atomic E-state index is 10.4. The van der Waals surface area contributed by atoms with Gasteiger partial charge >= 0.3 is 0 Å². The molecule has 0 saturated heterocycles. The number of hydrogen-bond donors (Lipinski definition) is 0. The summed E-state index contributed by atoms with van der Waals surface area (Å²) in [6.07, 6.45) is 0.741. The molecule has 1 heterocycles. The minimum atomic E-state index is 0.608. The highest BCUT2D eigenvalue weighted by Gasteiger charge is 2.06. The molecule has 0 aromatic carbocycles. The fourth-order valence-electron chi connectivity index (χ4n) is 0.545. The van der Waals surface area contributed by atoms with Crippen molar-refractivity contribution >= 4 is 35.7 Å². The van der Waals surface area contributed by atoms with Crippen LogP contribution < -0.4 is 4.31 Å². The molecule has 0 aliphatic heterocycles. The third-order valence-electron chi connectivity index (χ3n) is 0.938. The summed E-state index contributed by atoms with van der Waals surface area (Å²) < 4.78 is 5.11. The zero-order valence-corrected chi connectivity index (χ0v) is 7.56. The third-order valence-corrected chi connectivity index (χ3v) is 2.24. The minimum Gasteiger partial charge on any atom is -0.277 e. The Morgan fingerprint density at radius 2 is 2.73 bits per heavy atom. The number of nitrogens with zero attached hydrogens (tertiary/aromatic N) is 3. The van der Waals surface area contributed by atoms with Gasteiger partial charge in [0.25, 0.3) is 0 Å². The minimum absolute atomic E-state index is 0.608. The molecule has 4 nitrogen and oxygen atoms in total. The normalized spacial score (nSPS) is 9.55. The molecule has 1 aromatic heterocycles. The van der Waals surface area contributed by atoms with Gasteiger partial charge in [0.05, 0.1) is 5.38 Å². The smallest absolute Gasteiger partial charge is 0.225 e. The van der Waals surface area contributed by atoms with Crippen molar-refractivity contribution in [2.75, 3.05) is 10.1 Å². The fraction of sp³-hybridized carbons (Fsp3) is 0.400. The number of amides is 1. The first kappa shape index (κ1) is 8.48. The third kappa shape index (κ3) is 2.16. The Hall–Kier alpha value is -0.620. The monoisotopic (exact) mass is 189 g/mol. The molecule has 0 atom stereocenters. The van der Waals surface area contributed by atoms with Crippen LogP contribution in [0.3, 0.4) is 0 Å². The van der Waals surface area contributed by atoms with Crippen LogP contribution in [0.5, 0.6) is 0 Å². The van der Waals surface area contributed by atoms with Crippen molar-refractivity contribution in [3.05, 3.63) is 5.38 Å². The Kier molecular flexibility index (Phi) is 3.31. The summed E-state index contributed by atoms with van der Waals surface area (Å²) in [5, 5.41) is 5.48. The van der Waals surface area contributed by atoms with E-state index in [-0.39, 0.29) is 0 Å². The number of carbonyl (C=O) groups excluding carboxylic acids is 1. The predicted octanol–water partition coefficient (Wildman–Crippen LogP) is 1.17. The van der Waals surface area contributed by atoms with Crippen LogP contribution >= 0.6 is 23.5 Å². The Labute approximate surface area is 72.9 Å². The molecular weight excluding hydrogens is 182 g/mol. The Morgan fingerprint density at radius 3 is 3.18 bits per heavy atom. The van der Waals surface area contributed by atoms with Gasteiger partial charge in [-0.05, 0) is 23.5 Å². The van der Waals surface area contributed by atoms with E-state index in [1.807, 2.05) is 6.92 Å². The van der Waals surface area contributed by atoms with Crippen LogP contribution in [-0.4, -0.2) is 21.7 Å². The second kappa shape index (κ2) is 4.30. The molecule has 0 unspecified atom stereocenters. The van der Waals surface area contributed by atoms with E-state index in [0.29, 0.717) is 5.82 Å². The van der Waals surface area contributed by atoms with Gasteiger partial charge in [0, 0.05) is 5.75 Å². The summed E-state index contributed by atoms with van der Waals surface area (Å²) in [4.78, 5) is 10.4. The SMILES string of the molecule is CCSN(C=O)c1csnn1. The highest BCUT2D eigenvalue weighted by molar-refractivity contribution is 8.01. The molecule has 0 fully saturated rings. The van der Waals surface area contributed by atoms with Gasteiger partial charge in [-0.25, -0.2) is 4.31 Å². The number of hydrogen-bond acceptors (Lipinski definition) is 5. The van der Waals surface area contributed by atoms with E-state index in [1.54, 1.807) is 5.38 Å². The number of aromatic nitrogens is 2. The van der Waals surface area contributed by atoms with Crippen molar-refractivity contribution in [2.24, 2.45) is 0 Å². The van der Waals surface area contributed by atoms with Crippen LogP contribution in [0.15, 0.2) is 5.38 Å². The number of carbonyl (C=O) groups is 1. The molecule has 0 bridgehead atoms. The van der Waals surface area contributed by atoms with Gasteiger partial charge in [-0.2, -0.15) is 0 Å². The quantitative estimate of drug-likeness (QED) is 0.527. The number of anilines is 1. The lowest BCUT2D eigenvalue weighted by molar-refractivity contribution is -0.106. The summed E-state index contributed by atoms with van der Waals surface area (Å²) in [7, 11) is 0. The summed E-state index contributed by atoms with van der Waals surface area (Å²) in [5.41, 5.74) is 0. The maximum Gasteiger partial charge on any atom is 0.225 e. The molecule has 1 amide bonds. The topological polar surface area (TPSA) is 46.1 Å². The first-order valence-corrected chi connectivity index (χ1v) is 4.81. The lowest BCUT2D eigenvalue weighted by atomic mass is 10.8. The first-order chi connectivity index (χ1) is 5.38. The molecule has 6 heteroatoms. The second-order valence-electron chi connectivity index (χ2n) is 1.61. The van der Waals surface area contributed by atoms with Crippen molar-refractivity contribution in [3.8, 4) is 0 Å². The molecular formula is C5H7N3OS2. The van der Waals surface area contributed by atoms with Gasteiger partial charge in [-0.3, -0.25) is 4.79 Å². The van der Waals surface area contributed by atoms with E-state index < -0.39 is 0 Å². The molecule has 0 N–H and O–H groups in total. The average molecular weight is 189 g/mol. The molecule has 0 spiro atoms. The maximum absolute atomic E-state index is 10.4. The van der Waals surface area contributed by atoms with Gasteiger partial charge in [-0.1, -0.05) is 11.4 Å². The molecule has 11 heavy (non-hydrogen) atoms. The first-order valence-electron chi connectivity index (χ1n) is 3.03. The molecule has 1 rings (SSSR count). The van der Waals surface area contributed by atoms with Crippen LogP contribution in [0.25, 0.3) is 0 Å². The molecule has 0 radical (unpaired) electrons. The van der Waals surface area contributed by atoms with E-state index in [2.05, 4.69) is 9.59 Å². The van der Waals surface area contributed by atoms with E-state index in [9.17, 15) is 4.79 Å². The highest BCUT2D eigenvalue weighted by atomic mass is 32.2. The van der Waals surface area contributed by atoms with E-state index in [1.165, 1.54) is 27.8 Å². The Balaban J connectivity index is 2.63. The average Bonchev–Trinajstić information content (AvgIpc) is 2.52. The largest absolute Gasteiger partial charge is 0.277 e. The summed E-state index contributed by atoms with van der Waals surface area (Å²) >= 11 is 2.64. The van der Waals surface area contributed by atoms with Crippen LogP contribution in [0.2, 0.25) is 0 Å². The van der Waals surface area contributed by atoms with Gasteiger partial charge < -0.3 is 0 Å². The lowest BCUT2D eigenvalue weighted by Gasteiger charge is -2.08. The van der Waals surface area contributed by atoms with Crippen LogP contribution in [0.4, 0.5) is 5.82 Å². The van der Waals surface area contributed by atoms with Gasteiger partial charge in [-0.15, -0.1) is 5.10 Å². The Bertz CT molecular complexity index is 214. The molecule has 0 saturated carbocycles. The van der Waals surface area contributed by atoms with Gasteiger partial charge in [0.2, 0.25) is 6.41 Å². The molecule has 0 aliphatic carbocycles. The summed E-state index contributed by atoms with van der Waals surface area (Å²) in [6.45, 7) is 1.97. The van der Waals surface area contributed by atoms with Crippen molar-refractivity contribution in [1.29, 1.82) is 0 Å². The van der Waals surface area contributed by atoms with Crippen LogP contribution in [0, 0.1) is 0 Å². The summed E-state index contributed by atoms with van der Waals surface area (Å²) in [5.74, 6) is 1.45. The predicted molar refractivity (Wildman–Crippen MR) is 46.6 cm³/mol. The van der Waals surface area contributed by atoms with E-state index in [4.69, 9.17) is 0 Å². The molecule has 60 valence electrons. The van der Waals surface area contributed by atoms with E-state index >= 15 is 0 Å². The van der Waals surface area contributed by atoms with Crippen molar-refractivity contribution in [2.45, 2.75) is 6.92 Å². The van der Waals surface area contributed by atoms with Crippen molar-refractivity contribution < 1.29 is 4.79 Å². The standard InChI is InChI=1S/C5H7N3OS2/c1-2-11-8(4-9)5-3-10-7-6-5/h3-4H,2H2,1H3. The van der Waals surface area contributed by atoms with Crippen LogP contribution in [-0.2, 0) is 4.79 Å². The van der Waals surface area contributed by atoms with E-state index in [0.717, 1.165) is 12.2 Å². The second-order valence-corrected chi connectivity index (χ2v) is 3.45. The van der Waals surface area contributed by atoms with Crippen molar-refractivity contribution in [3.63, 3.8) is 0 Å². The summed E-state index contributed by atoms with van der Waals surface area (Å²) in [6, 6.07) is 0. The molecule has 0 aliphatic rings. The van der Waals surface area contributed by atoms with Crippen molar-refractivity contribution in [1.82, 2.24) is 9.59 Å².